The minimum absolute atomic E-state index is 0.226. The number of aliphatic hydroxyl groups excluding tert-OH is 1. The van der Waals surface area contributed by atoms with Gasteiger partial charge in [0.2, 0.25) is 0 Å². The van der Waals surface area contributed by atoms with Crippen LogP contribution in [0.1, 0.15) is 29.5 Å². The van der Waals surface area contributed by atoms with Gasteiger partial charge in [0.15, 0.2) is 0 Å². The maximum atomic E-state index is 8.66. The molecule has 0 aliphatic heterocycles. The predicted octanol–water partition coefficient (Wildman–Crippen LogP) is 1.69. The second-order valence-corrected chi connectivity index (χ2v) is 4.53. The Bertz CT molecular complexity index is 336. The Hall–Kier alpha value is -0.860. The molecule has 0 radical (unpaired) electrons. The van der Waals surface area contributed by atoms with E-state index in [2.05, 4.69) is 23.5 Å². The monoisotopic (exact) mass is 219 g/mol. The quantitative estimate of drug-likeness (QED) is 0.739. The van der Waals surface area contributed by atoms with Crippen LogP contribution in [0.3, 0.4) is 0 Å². The first kappa shape index (κ1) is 11.6. The number of fused-ring (bicyclic) bond motifs is 1. The fourth-order valence-corrected chi connectivity index (χ4v) is 2.38. The average Bonchev–Trinajstić information content (AvgIpc) is 2.34. The topological polar surface area (TPSA) is 32.3 Å². The first-order valence-electron chi connectivity index (χ1n) is 6.32. The molecule has 0 unspecified atom stereocenters. The smallest absolute Gasteiger partial charge is 0.0555 e. The highest BCUT2D eigenvalue weighted by Gasteiger charge is 2.08. The van der Waals surface area contributed by atoms with Gasteiger partial charge >= 0.3 is 0 Å². The predicted molar refractivity (Wildman–Crippen MR) is 66.7 cm³/mol. The molecule has 2 rings (SSSR count). The number of aliphatic hydroxyl groups is 1. The summed E-state index contributed by atoms with van der Waals surface area (Å²) >= 11 is 0. The third kappa shape index (κ3) is 3.06. The van der Waals surface area contributed by atoms with Crippen molar-refractivity contribution in [1.82, 2.24) is 5.32 Å². The maximum absolute atomic E-state index is 8.66. The molecule has 16 heavy (non-hydrogen) atoms. The third-order valence-corrected chi connectivity index (χ3v) is 3.29. The van der Waals surface area contributed by atoms with Crippen molar-refractivity contribution in [2.45, 2.75) is 32.1 Å². The standard InChI is InChI=1S/C14H21NO/c16-10-9-15-8-7-12-5-6-13-3-1-2-4-14(13)11-12/h5-6,11,15-16H,1-4,7-10H2. The first-order valence-corrected chi connectivity index (χ1v) is 6.32. The van der Waals surface area contributed by atoms with E-state index in [0.717, 1.165) is 13.0 Å². The van der Waals surface area contributed by atoms with Gasteiger partial charge in [0.1, 0.15) is 0 Å². The Labute approximate surface area is 97.7 Å². The average molecular weight is 219 g/mol. The van der Waals surface area contributed by atoms with E-state index >= 15 is 0 Å². The first-order chi connectivity index (χ1) is 7.90. The van der Waals surface area contributed by atoms with Gasteiger partial charge < -0.3 is 10.4 Å². The Morgan fingerprint density at radius 2 is 1.88 bits per heavy atom. The van der Waals surface area contributed by atoms with Crippen LogP contribution in [0.25, 0.3) is 0 Å². The fourth-order valence-electron chi connectivity index (χ4n) is 2.38. The van der Waals surface area contributed by atoms with Crippen molar-refractivity contribution < 1.29 is 5.11 Å². The van der Waals surface area contributed by atoms with Gasteiger partial charge in [-0.15, -0.1) is 0 Å². The van der Waals surface area contributed by atoms with Crippen LogP contribution < -0.4 is 5.32 Å². The molecule has 1 aromatic carbocycles. The van der Waals surface area contributed by atoms with Crippen molar-refractivity contribution in [1.29, 1.82) is 0 Å². The zero-order valence-electron chi connectivity index (χ0n) is 9.84. The molecule has 1 aliphatic rings. The minimum Gasteiger partial charge on any atom is -0.395 e. The van der Waals surface area contributed by atoms with Crippen LogP contribution in [0.15, 0.2) is 18.2 Å². The number of hydrogen-bond donors (Lipinski definition) is 2. The summed E-state index contributed by atoms with van der Waals surface area (Å²) < 4.78 is 0. The molecule has 88 valence electrons. The summed E-state index contributed by atoms with van der Waals surface area (Å²) in [4.78, 5) is 0. The lowest BCUT2D eigenvalue weighted by molar-refractivity contribution is 0.293. The van der Waals surface area contributed by atoms with Crippen LogP contribution >= 0.6 is 0 Å². The summed E-state index contributed by atoms with van der Waals surface area (Å²) in [6.07, 6.45) is 6.28. The summed E-state index contributed by atoms with van der Waals surface area (Å²) in [5.41, 5.74) is 4.54. The largest absolute Gasteiger partial charge is 0.395 e. The number of aryl methyl sites for hydroxylation is 2. The molecule has 1 aromatic rings. The number of nitrogens with one attached hydrogen (secondary N) is 1. The molecule has 0 fully saturated rings. The van der Waals surface area contributed by atoms with Gasteiger partial charge in [-0.1, -0.05) is 18.2 Å². The zero-order valence-corrected chi connectivity index (χ0v) is 9.84. The van der Waals surface area contributed by atoms with Crippen molar-refractivity contribution in [2.24, 2.45) is 0 Å². The number of benzene rings is 1. The lowest BCUT2D eigenvalue weighted by Gasteiger charge is -2.16. The highest BCUT2D eigenvalue weighted by molar-refractivity contribution is 5.33. The fraction of sp³-hybridized carbons (Fsp3) is 0.571. The van der Waals surface area contributed by atoms with Crippen LogP contribution in [-0.4, -0.2) is 24.8 Å². The lowest BCUT2D eigenvalue weighted by Crippen LogP contribution is -2.21. The third-order valence-electron chi connectivity index (χ3n) is 3.29. The Morgan fingerprint density at radius 1 is 1.06 bits per heavy atom. The van der Waals surface area contributed by atoms with Gasteiger partial charge in [-0.2, -0.15) is 0 Å². The molecular weight excluding hydrogens is 198 g/mol. The van der Waals surface area contributed by atoms with E-state index in [0.29, 0.717) is 6.54 Å². The van der Waals surface area contributed by atoms with Crippen molar-refractivity contribution in [3.05, 3.63) is 34.9 Å². The van der Waals surface area contributed by atoms with Gasteiger partial charge in [0, 0.05) is 6.54 Å². The number of hydrogen-bond acceptors (Lipinski definition) is 2. The summed E-state index contributed by atoms with van der Waals surface area (Å²) in [6, 6.07) is 6.93. The molecular formula is C14H21NO. The normalized spacial score (nSPS) is 14.8. The SMILES string of the molecule is OCCNCCc1ccc2c(c1)CCCC2. The minimum atomic E-state index is 0.226. The van der Waals surface area contributed by atoms with E-state index in [1.807, 2.05) is 0 Å². The molecule has 1 aliphatic carbocycles. The molecule has 0 saturated carbocycles. The molecule has 0 aromatic heterocycles. The van der Waals surface area contributed by atoms with E-state index in [9.17, 15) is 0 Å². The lowest BCUT2D eigenvalue weighted by atomic mass is 9.90. The molecule has 0 spiro atoms. The van der Waals surface area contributed by atoms with Crippen molar-refractivity contribution in [3.63, 3.8) is 0 Å². The molecule has 2 N–H and O–H groups in total. The second-order valence-electron chi connectivity index (χ2n) is 4.53. The molecule has 0 amide bonds. The van der Waals surface area contributed by atoms with Crippen molar-refractivity contribution in [2.75, 3.05) is 19.7 Å². The molecule has 0 atom stereocenters. The van der Waals surface area contributed by atoms with Gasteiger partial charge in [-0.05, 0) is 55.3 Å². The summed E-state index contributed by atoms with van der Waals surface area (Å²) in [5.74, 6) is 0. The highest BCUT2D eigenvalue weighted by Crippen LogP contribution is 2.22. The highest BCUT2D eigenvalue weighted by atomic mass is 16.3. The molecule has 2 heteroatoms. The molecule has 0 heterocycles. The van der Waals surface area contributed by atoms with Crippen LogP contribution in [-0.2, 0) is 19.3 Å². The van der Waals surface area contributed by atoms with Gasteiger partial charge in [0.25, 0.3) is 0 Å². The van der Waals surface area contributed by atoms with E-state index in [4.69, 9.17) is 5.11 Å². The van der Waals surface area contributed by atoms with Gasteiger partial charge in [-0.25, -0.2) is 0 Å². The Kier molecular flexibility index (Phi) is 4.37. The summed E-state index contributed by atoms with van der Waals surface area (Å²) in [6.45, 7) is 1.88. The van der Waals surface area contributed by atoms with Crippen LogP contribution in [0.5, 0.6) is 0 Å². The number of rotatable bonds is 5. The zero-order chi connectivity index (χ0) is 11.2. The van der Waals surface area contributed by atoms with E-state index in [-0.39, 0.29) is 6.61 Å². The summed E-state index contributed by atoms with van der Waals surface area (Å²) in [5, 5.41) is 11.9. The van der Waals surface area contributed by atoms with Crippen molar-refractivity contribution >= 4 is 0 Å². The van der Waals surface area contributed by atoms with Crippen LogP contribution in [0, 0.1) is 0 Å². The summed E-state index contributed by atoms with van der Waals surface area (Å²) in [7, 11) is 0. The van der Waals surface area contributed by atoms with Crippen molar-refractivity contribution in [3.8, 4) is 0 Å². The van der Waals surface area contributed by atoms with Crippen LogP contribution in [0.4, 0.5) is 0 Å². The van der Waals surface area contributed by atoms with E-state index in [1.165, 1.54) is 31.2 Å². The Balaban J connectivity index is 1.90. The molecule has 0 bridgehead atoms. The van der Waals surface area contributed by atoms with Crippen LogP contribution in [0.2, 0.25) is 0 Å². The van der Waals surface area contributed by atoms with E-state index < -0.39 is 0 Å². The maximum Gasteiger partial charge on any atom is 0.0555 e. The Morgan fingerprint density at radius 3 is 2.69 bits per heavy atom. The van der Waals surface area contributed by atoms with Gasteiger partial charge in [-0.3, -0.25) is 0 Å². The molecule has 2 nitrogen and oxygen atoms in total. The second kappa shape index (κ2) is 6.02. The van der Waals surface area contributed by atoms with E-state index in [1.54, 1.807) is 11.1 Å². The van der Waals surface area contributed by atoms with Gasteiger partial charge in [0.05, 0.1) is 6.61 Å². The molecule has 0 saturated heterocycles.